The number of rotatable bonds is 6. The molecular formula is C19H22ClF3N2O2S. The summed E-state index contributed by atoms with van der Waals surface area (Å²) >= 11 is 5.89. The molecule has 154 valence electrons. The van der Waals surface area contributed by atoms with Crippen molar-refractivity contribution in [3.63, 3.8) is 0 Å². The molecule has 4 nitrogen and oxygen atoms in total. The maximum absolute atomic E-state index is 13.6. The number of nitrogens with one attached hydrogen (secondary N) is 1. The van der Waals surface area contributed by atoms with Gasteiger partial charge in [0.25, 0.3) is 0 Å². The molecule has 0 amide bonds. The second-order valence-corrected chi connectivity index (χ2v) is 8.89. The Bertz CT molecular complexity index is 939. The topological polar surface area (TPSA) is 49.4 Å². The summed E-state index contributed by atoms with van der Waals surface area (Å²) in [5.74, 6) is 0. The first kappa shape index (κ1) is 22.5. The summed E-state index contributed by atoms with van der Waals surface area (Å²) in [7, 11) is -2.93. The van der Waals surface area contributed by atoms with Gasteiger partial charge in [-0.05, 0) is 50.1 Å². The van der Waals surface area contributed by atoms with E-state index < -0.39 is 28.8 Å². The van der Waals surface area contributed by atoms with Crippen LogP contribution in [0, 0.1) is 20.8 Å². The van der Waals surface area contributed by atoms with Crippen molar-refractivity contribution < 1.29 is 21.6 Å². The van der Waals surface area contributed by atoms with Crippen LogP contribution in [0.3, 0.4) is 0 Å². The molecule has 0 fully saturated rings. The molecule has 2 aromatic carbocycles. The fraction of sp³-hybridized carbons (Fsp3) is 0.368. The fourth-order valence-corrected chi connectivity index (χ4v) is 4.99. The van der Waals surface area contributed by atoms with Gasteiger partial charge in [-0.3, -0.25) is 0 Å². The molecule has 0 heterocycles. The zero-order valence-corrected chi connectivity index (χ0v) is 17.5. The first-order chi connectivity index (χ1) is 12.8. The zero-order valence-electron chi connectivity index (χ0n) is 15.9. The van der Waals surface area contributed by atoms with E-state index in [-0.39, 0.29) is 4.90 Å². The van der Waals surface area contributed by atoms with E-state index >= 15 is 0 Å². The number of halogens is 4. The van der Waals surface area contributed by atoms with Gasteiger partial charge in [-0.15, -0.1) is 0 Å². The minimum absolute atomic E-state index is 0.127. The van der Waals surface area contributed by atoms with Crippen molar-refractivity contribution in [2.24, 2.45) is 0 Å². The summed E-state index contributed by atoms with van der Waals surface area (Å²) < 4.78 is 68.2. The van der Waals surface area contributed by atoms with Crippen molar-refractivity contribution in [2.75, 3.05) is 18.5 Å². The number of anilines is 1. The quantitative estimate of drug-likeness (QED) is 0.722. The van der Waals surface area contributed by atoms with Crippen LogP contribution in [0.15, 0.2) is 41.3 Å². The van der Waals surface area contributed by atoms with Gasteiger partial charge >= 0.3 is 6.18 Å². The summed E-state index contributed by atoms with van der Waals surface area (Å²) in [6, 6.07) is 7.29. The number of benzene rings is 2. The van der Waals surface area contributed by atoms with Crippen molar-refractivity contribution >= 4 is 27.3 Å². The molecule has 28 heavy (non-hydrogen) atoms. The molecule has 0 radical (unpaired) electrons. The Morgan fingerprint density at radius 1 is 1.11 bits per heavy atom. The Balaban J connectivity index is 2.35. The van der Waals surface area contributed by atoms with E-state index in [9.17, 15) is 21.6 Å². The molecule has 2 aromatic rings. The first-order valence-corrected chi connectivity index (χ1v) is 10.3. The van der Waals surface area contributed by atoms with Gasteiger partial charge in [0.1, 0.15) is 6.04 Å². The largest absolute Gasteiger partial charge is 0.406 e. The van der Waals surface area contributed by atoms with Crippen molar-refractivity contribution in [3.8, 4) is 0 Å². The lowest BCUT2D eigenvalue weighted by molar-refractivity contribution is -0.148. The highest BCUT2D eigenvalue weighted by molar-refractivity contribution is 7.89. The average Bonchev–Trinajstić information content (AvgIpc) is 2.51. The molecular weight excluding hydrogens is 413 g/mol. The maximum atomic E-state index is 13.6. The zero-order chi connectivity index (χ0) is 21.3. The SMILES string of the molecule is Cc1cc(C)c(S(=O)(=O)NC(CN(C)c2cccc(Cl)c2)C(F)(F)F)c(C)c1. The maximum Gasteiger partial charge on any atom is 0.406 e. The van der Waals surface area contributed by atoms with Crippen LogP contribution in [-0.4, -0.2) is 34.2 Å². The second-order valence-electron chi connectivity index (χ2n) is 6.80. The molecule has 0 spiro atoms. The van der Waals surface area contributed by atoms with Gasteiger partial charge in [0.15, 0.2) is 0 Å². The number of alkyl halides is 3. The van der Waals surface area contributed by atoms with Crippen molar-refractivity contribution in [1.29, 1.82) is 0 Å². The van der Waals surface area contributed by atoms with Gasteiger partial charge in [-0.25, -0.2) is 8.42 Å². The lowest BCUT2D eigenvalue weighted by Gasteiger charge is -2.28. The van der Waals surface area contributed by atoms with Crippen molar-refractivity contribution in [2.45, 2.75) is 37.9 Å². The Morgan fingerprint density at radius 3 is 2.18 bits per heavy atom. The van der Waals surface area contributed by atoms with E-state index in [0.717, 1.165) is 5.56 Å². The Kier molecular flexibility index (Phi) is 6.68. The predicted molar refractivity (Wildman–Crippen MR) is 106 cm³/mol. The third-order valence-corrected chi connectivity index (χ3v) is 6.28. The van der Waals surface area contributed by atoms with E-state index in [2.05, 4.69) is 0 Å². The number of sulfonamides is 1. The predicted octanol–water partition coefficient (Wildman–Crippen LogP) is 4.61. The molecule has 0 aromatic heterocycles. The molecule has 0 aliphatic carbocycles. The third-order valence-electron chi connectivity index (χ3n) is 4.27. The van der Waals surface area contributed by atoms with E-state index in [4.69, 9.17) is 11.6 Å². The molecule has 0 bridgehead atoms. The standard InChI is InChI=1S/C19H22ClF3N2O2S/c1-12-8-13(2)18(14(3)9-12)28(26,27)24-17(19(21,22)23)11-25(4)16-7-5-6-15(20)10-16/h5-10,17,24H,11H2,1-4H3. The van der Waals surface area contributed by atoms with Gasteiger partial charge in [0, 0.05) is 24.3 Å². The van der Waals surface area contributed by atoms with Crippen molar-refractivity contribution in [3.05, 3.63) is 58.1 Å². The van der Waals surface area contributed by atoms with Crippen LogP contribution in [-0.2, 0) is 10.0 Å². The number of nitrogens with zero attached hydrogens (tertiary/aromatic N) is 1. The summed E-state index contributed by atoms with van der Waals surface area (Å²) in [4.78, 5) is 1.18. The normalized spacial score (nSPS) is 13.4. The molecule has 0 saturated heterocycles. The summed E-state index contributed by atoms with van der Waals surface area (Å²) in [6.07, 6.45) is -4.77. The Labute approximate surface area is 168 Å². The van der Waals surface area contributed by atoms with Crippen LogP contribution in [0.5, 0.6) is 0 Å². The van der Waals surface area contributed by atoms with Crippen LogP contribution in [0.25, 0.3) is 0 Å². The molecule has 1 N–H and O–H groups in total. The lowest BCUT2D eigenvalue weighted by Crippen LogP contribution is -2.51. The highest BCUT2D eigenvalue weighted by atomic mass is 35.5. The first-order valence-electron chi connectivity index (χ1n) is 8.45. The van der Waals surface area contributed by atoms with Crippen LogP contribution in [0.1, 0.15) is 16.7 Å². The number of hydrogen-bond acceptors (Lipinski definition) is 3. The van der Waals surface area contributed by atoms with E-state index in [1.165, 1.54) is 18.0 Å². The Hall–Kier alpha value is -1.77. The molecule has 1 unspecified atom stereocenters. The lowest BCUT2D eigenvalue weighted by atomic mass is 10.1. The van der Waals surface area contributed by atoms with Gasteiger partial charge in [0.05, 0.1) is 4.90 Å². The molecule has 0 aliphatic rings. The number of hydrogen-bond donors (Lipinski definition) is 1. The van der Waals surface area contributed by atoms with Crippen LogP contribution in [0.4, 0.5) is 18.9 Å². The molecule has 1 atom stereocenters. The summed E-state index contributed by atoms with van der Waals surface area (Å²) in [5.41, 5.74) is 2.08. The molecule has 0 saturated carbocycles. The highest BCUT2D eigenvalue weighted by Gasteiger charge is 2.43. The van der Waals surface area contributed by atoms with E-state index in [1.54, 1.807) is 51.1 Å². The molecule has 0 aliphatic heterocycles. The average molecular weight is 435 g/mol. The van der Waals surface area contributed by atoms with Gasteiger partial charge in [-0.1, -0.05) is 35.4 Å². The van der Waals surface area contributed by atoms with Gasteiger partial charge in [-0.2, -0.15) is 17.9 Å². The fourth-order valence-electron chi connectivity index (χ4n) is 3.14. The molecule has 9 heteroatoms. The van der Waals surface area contributed by atoms with E-state index in [1.807, 2.05) is 4.72 Å². The number of aryl methyl sites for hydroxylation is 3. The minimum atomic E-state index is -4.77. The van der Waals surface area contributed by atoms with Gasteiger partial charge in [0.2, 0.25) is 10.0 Å². The Morgan fingerprint density at radius 2 is 1.68 bits per heavy atom. The summed E-state index contributed by atoms with van der Waals surface area (Å²) in [5, 5.41) is 0.374. The highest BCUT2D eigenvalue weighted by Crippen LogP contribution is 2.27. The van der Waals surface area contributed by atoms with Crippen molar-refractivity contribution in [1.82, 2.24) is 4.72 Å². The molecule has 2 rings (SSSR count). The van der Waals surface area contributed by atoms with Crippen LogP contribution < -0.4 is 9.62 Å². The van der Waals surface area contributed by atoms with Gasteiger partial charge < -0.3 is 4.90 Å². The third kappa shape index (κ3) is 5.40. The monoisotopic (exact) mass is 434 g/mol. The summed E-state index contributed by atoms with van der Waals surface area (Å²) in [6.45, 7) is 4.32. The number of likely N-dealkylation sites (N-methyl/N-ethyl adjacent to an activating group) is 1. The smallest absolute Gasteiger partial charge is 0.373 e. The van der Waals surface area contributed by atoms with E-state index in [0.29, 0.717) is 21.8 Å². The minimum Gasteiger partial charge on any atom is -0.373 e. The van der Waals surface area contributed by atoms with Crippen LogP contribution >= 0.6 is 11.6 Å². The van der Waals surface area contributed by atoms with Crippen LogP contribution in [0.2, 0.25) is 5.02 Å². The second kappa shape index (κ2) is 8.31.